The predicted molar refractivity (Wildman–Crippen MR) is 104 cm³/mol. The average molecular weight is 347 g/mol. The predicted octanol–water partition coefficient (Wildman–Crippen LogP) is 6.14. The summed E-state index contributed by atoms with van der Waals surface area (Å²) in [4.78, 5) is 12.6. The fourth-order valence-corrected chi connectivity index (χ4v) is 6.15. The number of benzene rings is 1. The number of carbonyl (C=O) groups is 1. The zero-order valence-corrected chi connectivity index (χ0v) is 17.3. The second-order valence-electron chi connectivity index (χ2n) is 8.65. The monoisotopic (exact) mass is 346 g/mol. The van der Waals surface area contributed by atoms with Gasteiger partial charge in [0.2, 0.25) is 0 Å². The number of rotatable bonds is 6. The third-order valence-corrected chi connectivity index (χ3v) is 11.0. The Bertz CT molecular complexity index is 548. The molecule has 2 atom stereocenters. The summed E-state index contributed by atoms with van der Waals surface area (Å²) in [6.07, 6.45) is 3.77. The van der Waals surface area contributed by atoms with E-state index >= 15 is 0 Å². The first-order chi connectivity index (χ1) is 11.2. The van der Waals surface area contributed by atoms with Crippen LogP contribution in [0.5, 0.6) is 0 Å². The molecule has 1 aromatic carbocycles. The molecule has 0 saturated heterocycles. The molecule has 24 heavy (non-hydrogen) atoms. The highest BCUT2D eigenvalue weighted by Gasteiger charge is 2.46. The summed E-state index contributed by atoms with van der Waals surface area (Å²) in [6.45, 7) is 13.8. The van der Waals surface area contributed by atoms with E-state index in [-0.39, 0.29) is 17.1 Å². The number of hydrogen-bond donors (Lipinski definition) is 0. The SMILES string of the molecule is CC(C)C(C)(C)[Si](C)(C)OC(c1ccccc1)C1CCCCC1=O. The van der Waals surface area contributed by atoms with Crippen LogP contribution in [0.15, 0.2) is 30.3 Å². The molecule has 1 aromatic rings. The molecule has 1 aliphatic rings. The fraction of sp³-hybridized carbons (Fsp3) is 0.667. The van der Waals surface area contributed by atoms with Crippen molar-refractivity contribution in [2.45, 2.75) is 77.6 Å². The van der Waals surface area contributed by atoms with Crippen molar-refractivity contribution in [1.29, 1.82) is 0 Å². The van der Waals surface area contributed by atoms with Crippen LogP contribution in [0.3, 0.4) is 0 Å². The molecule has 0 spiro atoms. The Balaban J connectivity index is 2.35. The van der Waals surface area contributed by atoms with Gasteiger partial charge in [-0.1, -0.05) is 64.4 Å². The van der Waals surface area contributed by atoms with Gasteiger partial charge in [0, 0.05) is 12.3 Å². The molecule has 0 amide bonds. The molecule has 0 aliphatic heterocycles. The lowest BCUT2D eigenvalue weighted by molar-refractivity contribution is -0.128. The molecule has 134 valence electrons. The van der Waals surface area contributed by atoms with Crippen LogP contribution in [0.4, 0.5) is 0 Å². The second-order valence-corrected chi connectivity index (χ2v) is 13.2. The second kappa shape index (κ2) is 7.53. The lowest BCUT2D eigenvalue weighted by Crippen LogP contribution is -2.47. The molecule has 0 aromatic heterocycles. The Hall–Kier alpha value is -0.933. The van der Waals surface area contributed by atoms with Crippen LogP contribution in [0.1, 0.15) is 65.0 Å². The van der Waals surface area contributed by atoms with Crippen molar-refractivity contribution >= 4 is 14.1 Å². The zero-order chi connectivity index (χ0) is 18.0. The lowest BCUT2D eigenvalue weighted by Gasteiger charge is -2.46. The van der Waals surface area contributed by atoms with Gasteiger partial charge < -0.3 is 4.43 Å². The van der Waals surface area contributed by atoms with Gasteiger partial charge in [-0.15, -0.1) is 0 Å². The summed E-state index contributed by atoms with van der Waals surface area (Å²) < 4.78 is 6.88. The average Bonchev–Trinajstić information content (AvgIpc) is 2.54. The van der Waals surface area contributed by atoms with Crippen LogP contribution in [-0.2, 0) is 9.22 Å². The van der Waals surface area contributed by atoms with Crippen molar-refractivity contribution in [3.8, 4) is 0 Å². The van der Waals surface area contributed by atoms with E-state index in [0.717, 1.165) is 24.8 Å². The van der Waals surface area contributed by atoms with Gasteiger partial charge in [-0.2, -0.15) is 0 Å². The maximum Gasteiger partial charge on any atom is 0.193 e. The molecule has 0 bridgehead atoms. The van der Waals surface area contributed by atoms with E-state index < -0.39 is 8.32 Å². The summed E-state index contributed by atoms with van der Waals surface area (Å²) in [5, 5.41) is 0.151. The van der Waals surface area contributed by atoms with Crippen LogP contribution in [0.25, 0.3) is 0 Å². The highest BCUT2D eigenvalue weighted by molar-refractivity contribution is 6.74. The third kappa shape index (κ3) is 4.00. The van der Waals surface area contributed by atoms with Crippen molar-refractivity contribution in [2.24, 2.45) is 11.8 Å². The van der Waals surface area contributed by atoms with E-state index in [1.165, 1.54) is 0 Å². The fourth-order valence-electron chi connectivity index (χ4n) is 3.52. The molecule has 2 nitrogen and oxygen atoms in total. The van der Waals surface area contributed by atoms with Crippen molar-refractivity contribution in [2.75, 3.05) is 0 Å². The number of ketones is 1. The van der Waals surface area contributed by atoms with E-state index in [1.54, 1.807) is 0 Å². The highest BCUT2D eigenvalue weighted by Crippen LogP contribution is 2.48. The standard InChI is InChI=1S/C21H34O2Si/c1-16(2)21(3,4)24(5,6)23-20(17-12-8-7-9-13-17)18-14-10-11-15-19(18)22/h7-9,12-13,16,18,20H,10-11,14-15H2,1-6H3. The molecular weight excluding hydrogens is 312 g/mol. The van der Waals surface area contributed by atoms with Crippen molar-refractivity contribution in [3.63, 3.8) is 0 Å². The van der Waals surface area contributed by atoms with Crippen LogP contribution < -0.4 is 0 Å². The Morgan fingerprint density at radius 2 is 1.75 bits per heavy atom. The zero-order valence-electron chi connectivity index (χ0n) is 16.3. The Morgan fingerprint density at radius 1 is 1.12 bits per heavy atom. The van der Waals surface area contributed by atoms with E-state index in [2.05, 4.69) is 65.1 Å². The Labute approximate surface area is 149 Å². The molecule has 0 N–H and O–H groups in total. The quantitative estimate of drug-likeness (QED) is 0.578. The topological polar surface area (TPSA) is 26.3 Å². The number of Topliss-reactive ketones (excluding diaryl/α,β-unsaturated/α-hetero) is 1. The van der Waals surface area contributed by atoms with E-state index in [1.807, 2.05) is 6.07 Å². The van der Waals surface area contributed by atoms with E-state index in [0.29, 0.717) is 18.1 Å². The van der Waals surface area contributed by atoms with Gasteiger partial charge in [0.15, 0.2) is 8.32 Å². The molecule has 0 heterocycles. The van der Waals surface area contributed by atoms with Crippen LogP contribution in [-0.4, -0.2) is 14.1 Å². The van der Waals surface area contributed by atoms with Crippen LogP contribution in [0.2, 0.25) is 18.1 Å². The first-order valence-electron chi connectivity index (χ1n) is 9.42. The van der Waals surface area contributed by atoms with Gasteiger partial charge in [0.1, 0.15) is 5.78 Å². The van der Waals surface area contributed by atoms with Gasteiger partial charge in [-0.05, 0) is 42.5 Å². The highest BCUT2D eigenvalue weighted by atomic mass is 28.4. The normalized spacial score (nSPS) is 21.1. The summed E-state index contributed by atoms with van der Waals surface area (Å²) in [5.74, 6) is 0.968. The van der Waals surface area contributed by atoms with Crippen molar-refractivity contribution < 1.29 is 9.22 Å². The molecule has 2 rings (SSSR count). The number of carbonyl (C=O) groups excluding carboxylic acids is 1. The lowest BCUT2D eigenvalue weighted by atomic mass is 9.82. The van der Waals surface area contributed by atoms with Gasteiger partial charge in [0.25, 0.3) is 0 Å². The van der Waals surface area contributed by atoms with Gasteiger partial charge in [-0.25, -0.2) is 0 Å². The Kier molecular flexibility index (Phi) is 6.08. The van der Waals surface area contributed by atoms with E-state index in [9.17, 15) is 4.79 Å². The van der Waals surface area contributed by atoms with Gasteiger partial charge in [0.05, 0.1) is 6.10 Å². The maximum atomic E-state index is 12.6. The molecule has 1 aliphatic carbocycles. The molecular formula is C21H34O2Si. The molecule has 1 fully saturated rings. The number of hydrogen-bond acceptors (Lipinski definition) is 2. The van der Waals surface area contributed by atoms with Crippen molar-refractivity contribution in [3.05, 3.63) is 35.9 Å². The molecule has 3 heteroatoms. The first-order valence-corrected chi connectivity index (χ1v) is 12.3. The first kappa shape index (κ1) is 19.4. The van der Waals surface area contributed by atoms with E-state index in [4.69, 9.17) is 4.43 Å². The van der Waals surface area contributed by atoms with Crippen LogP contribution >= 0.6 is 0 Å². The minimum absolute atomic E-state index is 0.0240. The van der Waals surface area contributed by atoms with Gasteiger partial charge in [-0.3, -0.25) is 4.79 Å². The maximum absolute atomic E-state index is 12.6. The molecule has 0 radical (unpaired) electrons. The summed E-state index contributed by atoms with van der Waals surface area (Å²) in [7, 11) is -2.01. The summed E-state index contributed by atoms with van der Waals surface area (Å²) in [6, 6.07) is 10.4. The smallest absolute Gasteiger partial charge is 0.193 e. The third-order valence-electron chi connectivity index (χ3n) is 6.51. The van der Waals surface area contributed by atoms with Crippen molar-refractivity contribution in [1.82, 2.24) is 0 Å². The largest absolute Gasteiger partial charge is 0.409 e. The summed E-state index contributed by atoms with van der Waals surface area (Å²) in [5.41, 5.74) is 1.16. The molecule has 1 saturated carbocycles. The van der Waals surface area contributed by atoms with Crippen LogP contribution in [0, 0.1) is 11.8 Å². The Morgan fingerprint density at radius 3 is 2.29 bits per heavy atom. The van der Waals surface area contributed by atoms with Gasteiger partial charge >= 0.3 is 0 Å². The summed E-state index contributed by atoms with van der Waals surface area (Å²) >= 11 is 0. The minimum atomic E-state index is -2.01. The molecule has 2 unspecified atom stereocenters. The minimum Gasteiger partial charge on any atom is -0.409 e.